The second-order valence-electron chi connectivity index (χ2n) is 6.47. The van der Waals surface area contributed by atoms with Gasteiger partial charge in [0.2, 0.25) is 0 Å². The Labute approximate surface area is 152 Å². The summed E-state index contributed by atoms with van der Waals surface area (Å²) in [7, 11) is 0. The minimum atomic E-state index is -0.467. The van der Waals surface area contributed by atoms with Crippen LogP contribution in [0.2, 0.25) is 0 Å². The molecule has 0 aromatic heterocycles. The van der Waals surface area contributed by atoms with Gasteiger partial charge in [-0.3, -0.25) is 15.5 Å². The summed E-state index contributed by atoms with van der Waals surface area (Å²) in [5.41, 5.74) is 5.19. The van der Waals surface area contributed by atoms with Crippen LogP contribution in [0, 0.1) is 10.1 Å². The molecule has 0 heterocycles. The van der Waals surface area contributed by atoms with E-state index < -0.39 is 4.92 Å². The molecule has 0 spiro atoms. The van der Waals surface area contributed by atoms with Crippen molar-refractivity contribution in [3.8, 4) is 0 Å². The smallest absolute Gasteiger partial charge is 0.292 e. The van der Waals surface area contributed by atoms with Gasteiger partial charge in [-0.05, 0) is 34.8 Å². The summed E-state index contributed by atoms with van der Waals surface area (Å²) in [5.74, 6) is 0. The van der Waals surface area contributed by atoms with Crippen LogP contribution in [0.15, 0.2) is 53.6 Å². The number of thiocarbonyl (C=S) groups is 1. The van der Waals surface area contributed by atoms with Crippen molar-refractivity contribution in [3.05, 3.63) is 69.8 Å². The molecule has 2 rings (SSSR count). The van der Waals surface area contributed by atoms with Gasteiger partial charge in [0.15, 0.2) is 5.11 Å². The SMILES string of the molecule is CC(C)(C)c1ccc(/C=N/NC(=S)Nc2ccccc2[N+](=O)[O-])cc1. The van der Waals surface area contributed by atoms with Crippen LogP contribution in [0.4, 0.5) is 11.4 Å². The highest BCUT2D eigenvalue weighted by Gasteiger charge is 2.13. The largest absolute Gasteiger partial charge is 0.326 e. The highest BCUT2D eigenvalue weighted by Crippen LogP contribution is 2.23. The van der Waals surface area contributed by atoms with E-state index in [1.54, 1.807) is 24.4 Å². The molecule has 25 heavy (non-hydrogen) atoms. The first-order valence-electron chi connectivity index (χ1n) is 7.71. The highest BCUT2D eigenvalue weighted by molar-refractivity contribution is 7.80. The zero-order valence-electron chi connectivity index (χ0n) is 14.3. The fraction of sp³-hybridized carbons (Fsp3) is 0.222. The summed E-state index contributed by atoms with van der Waals surface area (Å²) in [4.78, 5) is 10.5. The maximum Gasteiger partial charge on any atom is 0.292 e. The van der Waals surface area contributed by atoms with Crippen molar-refractivity contribution in [3.63, 3.8) is 0 Å². The van der Waals surface area contributed by atoms with E-state index in [0.717, 1.165) is 5.56 Å². The molecule has 0 unspecified atom stereocenters. The molecule has 0 saturated heterocycles. The maximum atomic E-state index is 11.0. The standard InChI is InChI=1S/C18H20N4O2S/c1-18(2,3)14-10-8-13(9-11-14)12-19-21-17(25)20-15-6-4-5-7-16(15)22(23)24/h4-12H,1-3H3,(H2,20,21,25)/b19-12+. The summed E-state index contributed by atoms with van der Waals surface area (Å²) < 4.78 is 0. The van der Waals surface area contributed by atoms with E-state index in [-0.39, 0.29) is 16.2 Å². The average Bonchev–Trinajstić information content (AvgIpc) is 2.55. The van der Waals surface area contributed by atoms with Gasteiger partial charge in [0.25, 0.3) is 5.69 Å². The number of nitrogens with one attached hydrogen (secondary N) is 2. The lowest BCUT2D eigenvalue weighted by Crippen LogP contribution is -2.24. The van der Waals surface area contributed by atoms with Crippen molar-refractivity contribution >= 4 is 34.9 Å². The van der Waals surface area contributed by atoms with Gasteiger partial charge in [0.1, 0.15) is 5.69 Å². The molecule has 0 amide bonds. The van der Waals surface area contributed by atoms with Crippen LogP contribution < -0.4 is 10.7 Å². The molecule has 0 radical (unpaired) electrons. The van der Waals surface area contributed by atoms with Crippen molar-refractivity contribution in [2.45, 2.75) is 26.2 Å². The number of anilines is 1. The zero-order chi connectivity index (χ0) is 18.4. The lowest BCUT2D eigenvalue weighted by Gasteiger charge is -2.18. The summed E-state index contributed by atoms with van der Waals surface area (Å²) in [5, 5.41) is 18.0. The van der Waals surface area contributed by atoms with Gasteiger partial charge in [-0.1, -0.05) is 57.2 Å². The number of hydrazone groups is 1. The molecule has 2 N–H and O–H groups in total. The third kappa shape index (κ3) is 5.36. The van der Waals surface area contributed by atoms with Crippen LogP contribution in [-0.4, -0.2) is 16.3 Å². The Balaban J connectivity index is 1.96. The number of hydrogen-bond acceptors (Lipinski definition) is 4. The number of para-hydroxylation sites is 2. The number of nitro benzene ring substituents is 1. The van der Waals surface area contributed by atoms with Gasteiger partial charge in [-0.2, -0.15) is 5.10 Å². The maximum absolute atomic E-state index is 11.0. The summed E-state index contributed by atoms with van der Waals surface area (Å²) in [6, 6.07) is 14.4. The molecule has 0 saturated carbocycles. The number of nitro groups is 1. The molecule has 0 atom stereocenters. The molecule has 0 fully saturated rings. The molecular formula is C18H20N4O2S. The molecule has 0 bridgehead atoms. The summed E-state index contributed by atoms with van der Waals surface area (Å²) in [6.07, 6.45) is 1.64. The Kier molecular flexibility index (Phi) is 5.82. The van der Waals surface area contributed by atoms with Gasteiger partial charge in [0.05, 0.1) is 11.1 Å². The predicted molar refractivity (Wildman–Crippen MR) is 105 cm³/mol. The first kappa shape index (κ1) is 18.5. The Morgan fingerprint density at radius 2 is 1.80 bits per heavy atom. The Morgan fingerprint density at radius 1 is 1.16 bits per heavy atom. The van der Waals surface area contributed by atoms with Crippen molar-refractivity contribution < 1.29 is 4.92 Å². The Bertz CT molecular complexity index is 795. The van der Waals surface area contributed by atoms with Crippen molar-refractivity contribution in [2.24, 2.45) is 5.10 Å². The molecule has 0 aliphatic carbocycles. The molecular weight excluding hydrogens is 336 g/mol. The molecule has 0 aliphatic rings. The lowest BCUT2D eigenvalue weighted by atomic mass is 9.87. The van der Waals surface area contributed by atoms with E-state index in [1.165, 1.54) is 11.6 Å². The van der Waals surface area contributed by atoms with Gasteiger partial charge >= 0.3 is 0 Å². The lowest BCUT2D eigenvalue weighted by molar-refractivity contribution is -0.383. The van der Waals surface area contributed by atoms with Crippen molar-refractivity contribution in [2.75, 3.05) is 5.32 Å². The van der Waals surface area contributed by atoms with Gasteiger partial charge in [-0.25, -0.2) is 0 Å². The van der Waals surface area contributed by atoms with Crippen LogP contribution in [0.5, 0.6) is 0 Å². The first-order valence-corrected chi connectivity index (χ1v) is 8.12. The first-order chi connectivity index (χ1) is 11.8. The predicted octanol–water partition coefficient (Wildman–Crippen LogP) is 4.21. The molecule has 2 aromatic rings. The molecule has 2 aromatic carbocycles. The van der Waals surface area contributed by atoms with Crippen LogP contribution in [0.1, 0.15) is 31.9 Å². The topological polar surface area (TPSA) is 79.6 Å². The highest BCUT2D eigenvalue weighted by atomic mass is 32.1. The van der Waals surface area contributed by atoms with E-state index in [4.69, 9.17) is 12.2 Å². The van der Waals surface area contributed by atoms with Crippen LogP contribution >= 0.6 is 12.2 Å². The van der Waals surface area contributed by atoms with E-state index in [1.807, 2.05) is 12.1 Å². The number of rotatable bonds is 4. The zero-order valence-corrected chi connectivity index (χ0v) is 15.1. The second-order valence-corrected chi connectivity index (χ2v) is 6.88. The van der Waals surface area contributed by atoms with E-state index in [0.29, 0.717) is 5.69 Å². The van der Waals surface area contributed by atoms with E-state index in [9.17, 15) is 10.1 Å². The van der Waals surface area contributed by atoms with Crippen molar-refractivity contribution in [1.29, 1.82) is 0 Å². The number of hydrogen-bond donors (Lipinski definition) is 2. The molecule has 6 nitrogen and oxygen atoms in total. The summed E-state index contributed by atoms with van der Waals surface area (Å²) in [6.45, 7) is 6.47. The summed E-state index contributed by atoms with van der Waals surface area (Å²) >= 11 is 5.11. The Morgan fingerprint density at radius 3 is 2.40 bits per heavy atom. The fourth-order valence-corrected chi connectivity index (χ4v) is 2.29. The minimum Gasteiger partial charge on any atom is -0.326 e. The fourth-order valence-electron chi connectivity index (χ4n) is 2.12. The van der Waals surface area contributed by atoms with E-state index in [2.05, 4.69) is 48.7 Å². The van der Waals surface area contributed by atoms with Gasteiger partial charge in [0, 0.05) is 6.07 Å². The molecule has 7 heteroatoms. The quantitative estimate of drug-likeness (QED) is 0.371. The molecule has 130 valence electrons. The second kappa shape index (κ2) is 7.85. The molecule has 0 aliphatic heterocycles. The number of nitrogens with zero attached hydrogens (tertiary/aromatic N) is 2. The third-order valence-electron chi connectivity index (χ3n) is 3.51. The Hall–Kier alpha value is -2.80. The normalized spacial score (nSPS) is 11.3. The monoisotopic (exact) mass is 356 g/mol. The number of benzene rings is 2. The minimum absolute atomic E-state index is 0.0478. The average molecular weight is 356 g/mol. The van der Waals surface area contributed by atoms with Crippen LogP contribution in [0.3, 0.4) is 0 Å². The third-order valence-corrected chi connectivity index (χ3v) is 3.70. The van der Waals surface area contributed by atoms with Crippen LogP contribution in [0.25, 0.3) is 0 Å². The van der Waals surface area contributed by atoms with Gasteiger partial charge < -0.3 is 5.32 Å². The van der Waals surface area contributed by atoms with E-state index >= 15 is 0 Å². The van der Waals surface area contributed by atoms with Crippen molar-refractivity contribution in [1.82, 2.24) is 5.43 Å². The van der Waals surface area contributed by atoms with Gasteiger partial charge in [-0.15, -0.1) is 0 Å². The van der Waals surface area contributed by atoms with Crippen LogP contribution in [-0.2, 0) is 5.41 Å².